The van der Waals surface area contributed by atoms with Gasteiger partial charge in [-0.15, -0.1) is 0 Å². The highest BCUT2D eigenvalue weighted by molar-refractivity contribution is 5.81. The van der Waals surface area contributed by atoms with Crippen LogP contribution in [-0.4, -0.2) is 37.0 Å². The van der Waals surface area contributed by atoms with Crippen LogP contribution in [0.4, 0.5) is 0 Å². The lowest BCUT2D eigenvalue weighted by molar-refractivity contribution is -0.131. The molecular weight excluding hydrogens is 236 g/mol. The fraction of sp³-hybridized carbons (Fsp3) is 0.562. The molecule has 1 aliphatic rings. The van der Waals surface area contributed by atoms with Crippen LogP contribution < -0.4 is 5.32 Å². The third-order valence-corrected chi connectivity index (χ3v) is 3.90. The standard InChI is InChI=1S/C16H24N2O/c1-3-13-6-8-14(9-7-13)10-12-18(2)16(19)15-5-4-11-17-15/h6-9,15,17H,3-5,10-12H2,1-2H3. The van der Waals surface area contributed by atoms with Crippen molar-refractivity contribution < 1.29 is 4.79 Å². The van der Waals surface area contributed by atoms with Gasteiger partial charge < -0.3 is 10.2 Å². The van der Waals surface area contributed by atoms with E-state index in [1.807, 2.05) is 11.9 Å². The number of hydrogen-bond acceptors (Lipinski definition) is 2. The first-order valence-electron chi connectivity index (χ1n) is 7.27. The van der Waals surface area contributed by atoms with Crippen LogP contribution in [0.25, 0.3) is 0 Å². The second-order valence-corrected chi connectivity index (χ2v) is 5.33. The zero-order chi connectivity index (χ0) is 13.7. The van der Waals surface area contributed by atoms with Crippen LogP contribution >= 0.6 is 0 Å². The second-order valence-electron chi connectivity index (χ2n) is 5.33. The molecule has 3 heteroatoms. The van der Waals surface area contributed by atoms with E-state index in [4.69, 9.17) is 0 Å². The number of amides is 1. The Morgan fingerprint density at radius 3 is 2.58 bits per heavy atom. The third-order valence-electron chi connectivity index (χ3n) is 3.90. The minimum absolute atomic E-state index is 0.0486. The van der Waals surface area contributed by atoms with Gasteiger partial charge in [0.2, 0.25) is 5.91 Å². The smallest absolute Gasteiger partial charge is 0.239 e. The molecule has 1 fully saturated rings. The largest absolute Gasteiger partial charge is 0.344 e. The highest BCUT2D eigenvalue weighted by atomic mass is 16.2. The number of benzene rings is 1. The molecule has 1 saturated heterocycles. The Kier molecular flexibility index (Phi) is 4.97. The molecule has 1 atom stereocenters. The minimum Gasteiger partial charge on any atom is -0.344 e. The number of nitrogens with one attached hydrogen (secondary N) is 1. The van der Waals surface area contributed by atoms with E-state index in [0.29, 0.717) is 0 Å². The van der Waals surface area contributed by atoms with E-state index < -0.39 is 0 Å². The molecule has 104 valence electrons. The van der Waals surface area contributed by atoms with Crippen LogP contribution in [0.15, 0.2) is 24.3 Å². The van der Waals surface area contributed by atoms with E-state index in [1.165, 1.54) is 11.1 Å². The summed E-state index contributed by atoms with van der Waals surface area (Å²) in [5.74, 6) is 0.239. The van der Waals surface area contributed by atoms with Gasteiger partial charge >= 0.3 is 0 Å². The van der Waals surface area contributed by atoms with Gasteiger partial charge in [0.25, 0.3) is 0 Å². The molecule has 1 aromatic rings. The lowest BCUT2D eigenvalue weighted by Gasteiger charge is -2.21. The fourth-order valence-electron chi connectivity index (χ4n) is 2.51. The summed E-state index contributed by atoms with van der Waals surface area (Å²) in [6.07, 6.45) is 4.10. The number of carbonyl (C=O) groups is 1. The summed E-state index contributed by atoms with van der Waals surface area (Å²) in [6.45, 7) is 3.93. The van der Waals surface area contributed by atoms with Gasteiger partial charge in [0, 0.05) is 13.6 Å². The normalized spacial score (nSPS) is 18.5. The Morgan fingerprint density at radius 1 is 1.32 bits per heavy atom. The predicted octanol–water partition coefficient (Wildman–Crippen LogP) is 2.00. The van der Waals surface area contributed by atoms with Crippen molar-refractivity contribution >= 4 is 5.91 Å². The van der Waals surface area contributed by atoms with Crippen molar-refractivity contribution in [2.24, 2.45) is 0 Å². The number of aryl methyl sites for hydroxylation is 1. The maximum Gasteiger partial charge on any atom is 0.239 e. The molecule has 3 nitrogen and oxygen atoms in total. The van der Waals surface area contributed by atoms with Crippen molar-refractivity contribution in [3.63, 3.8) is 0 Å². The molecule has 0 spiro atoms. The minimum atomic E-state index is 0.0486. The van der Waals surface area contributed by atoms with Gasteiger partial charge in [-0.1, -0.05) is 31.2 Å². The van der Waals surface area contributed by atoms with Crippen molar-refractivity contribution in [3.05, 3.63) is 35.4 Å². The molecular formula is C16H24N2O. The molecule has 0 aromatic heterocycles. The Morgan fingerprint density at radius 2 is 2.00 bits per heavy atom. The summed E-state index contributed by atoms with van der Waals surface area (Å²) in [5, 5.41) is 3.26. The SMILES string of the molecule is CCc1ccc(CCN(C)C(=O)C2CCCN2)cc1. The number of nitrogens with zero attached hydrogens (tertiary/aromatic N) is 1. The van der Waals surface area contributed by atoms with E-state index >= 15 is 0 Å². The van der Waals surface area contributed by atoms with Crippen molar-refractivity contribution in [2.45, 2.75) is 38.6 Å². The lowest BCUT2D eigenvalue weighted by atomic mass is 10.1. The van der Waals surface area contributed by atoms with Gasteiger partial charge in [0.05, 0.1) is 6.04 Å². The van der Waals surface area contributed by atoms with Crippen molar-refractivity contribution in [1.82, 2.24) is 10.2 Å². The maximum absolute atomic E-state index is 12.1. The molecule has 1 N–H and O–H groups in total. The lowest BCUT2D eigenvalue weighted by Crippen LogP contribution is -2.42. The summed E-state index contributed by atoms with van der Waals surface area (Å²) < 4.78 is 0. The Bertz CT molecular complexity index is 407. The maximum atomic E-state index is 12.1. The van der Waals surface area contributed by atoms with Crippen LogP contribution in [0.1, 0.15) is 30.9 Å². The Balaban J connectivity index is 1.81. The van der Waals surface area contributed by atoms with Crippen molar-refractivity contribution in [2.75, 3.05) is 20.1 Å². The van der Waals surface area contributed by atoms with Crippen LogP contribution in [0.2, 0.25) is 0 Å². The fourth-order valence-corrected chi connectivity index (χ4v) is 2.51. The molecule has 1 aromatic carbocycles. The first-order valence-corrected chi connectivity index (χ1v) is 7.27. The number of rotatable bonds is 5. The van der Waals surface area contributed by atoms with Gasteiger partial charge in [-0.2, -0.15) is 0 Å². The van der Waals surface area contributed by atoms with Crippen LogP contribution in [0.3, 0.4) is 0 Å². The summed E-state index contributed by atoms with van der Waals surface area (Å²) >= 11 is 0. The van der Waals surface area contributed by atoms with Crippen LogP contribution in [0, 0.1) is 0 Å². The molecule has 1 unspecified atom stereocenters. The van der Waals surface area contributed by atoms with Gasteiger partial charge in [-0.3, -0.25) is 4.79 Å². The third kappa shape index (κ3) is 3.80. The van der Waals surface area contributed by atoms with E-state index in [-0.39, 0.29) is 11.9 Å². The first kappa shape index (κ1) is 14.1. The molecule has 0 aliphatic carbocycles. The average Bonchev–Trinajstić information content (AvgIpc) is 2.98. The van der Waals surface area contributed by atoms with E-state index in [1.54, 1.807) is 0 Å². The topological polar surface area (TPSA) is 32.3 Å². The van der Waals surface area contributed by atoms with Gasteiger partial charge in [-0.05, 0) is 43.4 Å². The Labute approximate surface area is 116 Å². The molecule has 19 heavy (non-hydrogen) atoms. The summed E-state index contributed by atoms with van der Waals surface area (Å²) in [6, 6.07) is 8.74. The molecule has 1 aliphatic heterocycles. The zero-order valence-electron chi connectivity index (χ0n) is 12.0. The summed E-state index contributed by atoms with van der Waals surface area (Å²) in [5.41, 5.74) is 2.67. The molecule has 2 rings (SSSR count). The van der Waals surface area contributed by atoms with Gasteiger partial charge in [0.15, 0.2) is 0 Å². The predicted molar refractivity (Wildman–Crippen MR) is 78.2 cm³/mol. The molecule has 0 saturated carbocycles. The van der Waals surface area contributed by atoms with E-state index in [0.717, 1.165) is 38.8 Å². The summed E-state index contributed by atoms with van der Waals surface area (Å²) in [4.78, 5) is 14.0. The van der Waals surface area contributed by atoms with Crippen molar-refractivity contribution in [1.29, 1.82) is 0 Å². The Hall–Kier alpha value is -1.35. The van der Waals surface area contributed by atoms with Gasteiger partial charge in [-0.25, -0.2) is 0 Å². The average molecular weight is 260 g/mol. The van der Waals surface area contributed by atoms with E-state index in [2.05, 4.69) is 36.5 Å². The van der Waals surface area contributed by atoms with Gasteiger partial charge in [0.1, 0.15) is 0 Å². The number of carbonyl (C=O) groups excluding carboxylic acids is 1. The monoisotopic (exact) mass is 260 g/mol. The van der Waals surface area contributed by atoms with E-state index in [9.17, 15) is 4.79 Å². The highest BCUT2D eigenvalue weighted by Crippen LogP contribution is 2.09. The molecule has 0 radical (unpaired) electrons. The number of likely N-dealkylation sites (N-methyl/N-ethyl adjacent to an activating group) is 1. The summed E-state index contributed by atoms with van der Waals surface area (Å²) in [7, 11) is 1.91. The second kappa shape index (κ2) is 6.71. The van der Waals surface area contributed by atoms with Crippen LogP contribution in [-0.2, 0) is 17.6 Å². The quantitative estimate of drug-likeness (QED) is 0.878. The zero-order valence-corrected chi connectivity index (χ0v) is 12.0. The molecule has 1 amide bonds. The van der Waals surface area contributed by atoms with Crippen molar-refractivity contribution in [3.8, 4) is 0 Å². The molecule has 0 bridgehead atoms. The first-order chi connectivity index (χ1) is 9.20. The molecule has 1 heterocycles. The highest BCUT2D eigenvalue weighted by Gasteiger charge is 2.24. The number of hydrogen-bond donors (Lipinski definition) is 1. The van der Waals surface area contributed by atoms with Crippen LogP contribution in [0.5, 0.6) is 0 Å².